The van der Waals surface area contributed by atoms with Crippen LogP contribution in [0.25, 0.3) is 10.9 Å². The van der Waals surface area contributed by atoms with Gasteiger partial charge in [0, 0.05) is 55.2 Å². The Labute approximate surface area is 146 Å². The molecule has 25 heavy (non-hydrogen) atoms. The fraction of sp³-hybridized carbons (Fsp3) is 0.368. The van der Waals surface area contributed by atoms with Gasteiger partial charge in [0.1, 0.15) is 0 Å². The van der Waals surface area contributed by atoms with Crippen LogP contribution < -0.4 is 5.32 Å². The summed E-state index contributed by atoms with van der Waals surface area (Å²) in [7, 11) is 0. The molecule has 0 aliphatic carbocycles. The Bertz CT molecular complexity index is 831. The number of nitrogens with zero attached hydrogens (tertiary/aromatic N) is 2. The first kappa shape index (κ1) is 15.9. The number of piperidine rings is 1. The lowest BCUT2D eigenvalue weighted by Gasteiger charge is -2.32. The molecule has 3 aromatic rings. The highest BCUT2D eigenvalue weighted by Gasteiger charge is 2.21. The number of hydrogen-bond acceptors (Lipinski definition) is 3. The van der Waals surface area contributed by atoms with Crippen molar-refractivity contribution in [2.24, 2.45) is 0 Å². The molecule has 1 amide bonds. The van der Waals surface area contributed by atoms with E-state index in [0.717, 1.165) is 38.9 Å². The van der Waals surface area contributed by atoms with Crippen molar-refractivity contribution in [3.05, 3.63) is 54.2 Å². The van der Waals surface area contributed by atoms with Crippen LogP contribution >= 0.6 is 0 Å². The number of fused-ring (bicyclic) bond motifs is 1. The summed E-state index contributed by atoms with van der Waals surface area (Å²) in [6.07, 6.45) is 8.42. The van der Waals surface area contributed by atoms with Gasteiger partial charge < -0.3 is 20.2 Å². The number of para-hydroxylation sites is 1. The summed E-state index contributed by atoms with van der Waals surface area (Å²) in [5.41, 5.74) is 2.58. The lowest BCUT2D eigenvalue weighted by molar-refractivity contribution is 0.0902. The Morgan fingerprint density at radius 1 is 1.24 bits per heavy atom. The predicted molar refractivity (Wildman–Crippen MR) is 97.5 cm³/mol. The fourth-order valence-corrected chi connectivity index (χ4v) is 3.56. The zero-order valence-electron chi connectivity index (χ0n) is 14.2. The summed E-state index contributed by atoms with van der Waals surface area (Å²) in [5, 5.41) is 4.39. The highest BCUT2D eigenvalue weighted by molar-refractivity contribution is 5.90. The standard InChI is InChI=1S/C19H23N5O/c25-19(18-20-8-9-21-18)23-15-6-11-24(12-7-15)10-5-14-13-22-17-4-2-1-3-16(14)17/h1-4,8-9,13,15,22H,5-7,10-12H2,(H,20,21)(H,23,25). The minimum absolute atomic E-state index is 0.109. The van der Waals surface area contributed by atoms with E-state index in [1.54, 1.807) is 12.4 Å². The molecule has 4 rings (SSSR count). The highest BCUT2D eigenvalue weighted by atomic mass is 16.2. The molecule has 0 radical (unpaired) electrons. The van der Waals surface area contributed by atoms with Crippen molar-refractivity contribution in [2.75, 3.05) is 19.6 Å². The number of rotatable bonds is 5. The van der Waals surface area contributed by atoms with Crippen LogP contribution in [0.2, 0.25) is 0 Å². The third-order valence-corrected chi connectivity index (χ3v) is 5.01. The Kier molecular flexibility index (Phi) is 4.52. The number of imidazole rings is 1. The molecule has 1 saturated heterocycles. The minimum atomic E-state index is -0.109. The first-order chi connectivity index (χ1) is 12.3. The Morgan fingerprint density at radius 3 is 2.88 bits per heavy atom. The van der Waals surface area contributed by atoms with Crippen LogP contribution in [0.4, 0.5) is 0 Å². The lowest BCUT2D eigenvalue weighted by atomic mass is 10.0. The second-order valence-electron chi connectivity index (χ2n) is 6.64. The van der Waals surface area contributed by atoms with Gasteiger partial charge in [-0.15, -0.1) is 0 Å². The van der Waals surface area contributed by atoms with Crippen LogP contribution in [0.1, 0.15) is 29.0 Å². The van der Waals surface area contributed by atoms with Gasteiger partial charge in [0.15, 0.2) is 5.82 Å². The Hall–Kier alpha value is -2.60. The summed E-state index contributed by atoms with van der Waals surface area (Å²) in [5.74, 6) is 0.281. The van der Waals surface area contributed by atoms with E-state index in [0.29, 0.717) is 5.82 Å². The van der Waals surface area contributed by atoms with Crippen molar-refractivity contribution in [1.82, 2.24) is 25.2 Å². The average molecular weight is 337 g/mol. The van der Waals surface area contributed by atoms with E-state index in [1.165, 1.54) is 16.5 Å². The van der Waals surface area contributed by atoms with Gasteiger partial charge in [-0.25, -0.2) is 4.98 Å². The van der Waals surface area contributed by atoms with Crippen LogP contribution in [-0.2, 0) is 6.42 Å². The van der Waals surface area contributed by atoms with Gasteiger partial charge in [-0.1, -0.05) is 18.2 Å². The number of amides is 1. The molecule has 1 fully saturated rings. The van der Waals surface area contributed by atoms with Gasteiger partial charge in [-0.05, 0) is 30.9 Å². The van der Waals surface area contributed by atoms with E-state index in [9.17, 15) is 4.79 Å². The van der Waals surface area contributed by atoms with Crippen LogP contribution in [0, 0.1) is 0 Å². The first-order valence-corrected chi connectivity index (χ1v) is 8.87. The third-order valence-electron chi connectivity index (χ3n) is 5.01. The molecular weight excluding hydrogens is 314 g/mol. The summed E-state index contributed by atoms with van der Waals surface area (Å²) in [4.78, 5) is 24.7. The molecule has 130 valence electrons. The quantitative estimate of drug-likeness (QED) is 0.669. The normalized spacial score (nSPS) is 16.3. The zero-order chi connectivity index (χ0) is 17.1. The highest BCUT2D eigenvalue weighted by Crippen LogP contribution is 2.19. The second kappa shape index (κ2) is 7.11. The molecule has 0 spiro atoms. The SMILES string of the molecule is O=C(NC1CCN(CCc2c[nH]c3ccccc23)CC1)c1ncc[nH]1. The van der Waals surface area contributed by atoms with Crippen LogP contribution in [0.15, 0.2) is 42.9 Å². The maximum Gasteiger partial charge on any atom is 0.287 e. The van der Waals surface area contributed by atoms with Crippen molar-refractivity contribution in [3.8, 4) is 0 Å². The fourth-order valence-electron chi connectivity index (χ4n) is 3.56. The van der Waals surface area contributed by atoms with E-state index in [2.05, 4.69) is 55.6 Å². The number of aromatic amines is 2. The smallest absolute Gasteiger partial charge is 0.287 e. The van der Waals surface area contributed by atoms with Gasteiger partial charge in [0.05, 0.1) is 0 Å². The molecule has 3 N–H and O–H groups in total. The Balaban J connectivity index is 1.26. The van der Waals surface area contributed by atoms with E-state index < -0.39 is 0 Å². The molecule has 0 saturated carbocycles. The first-order valence-electron chi connectivity index (χ1n) is 8.87. The van der Waals surface area contributed by atoms with E-state index in [1.807, 2.05) is 0 Å². The number of H-pyrrole nitrogens is 2. The molecule has 6 heteroatoms. The topological polar surface area (TPSA) is 76.8 Å². The van der Waals surface area contributed by atoms with Crippen molar-refractivity contribution in [2.45, 2.75) is 25.3 Å². The summed E-state index contributed by atoms with van der Waals surface area (Å²) < 4.78 is 0. The maximum absolute atomic E-state index is 12.0. The van der Waals surface area contributed by atoms with Crippen molar-refractivity contribution < 1.29 is 4.79 Å². The summed E-state index contributed by atoms with van der Waals surface area (Å²) >= 11 is 0. The molecule has 0 bridgehead atoms. The Morgan fingerprint density at radius 2 is 2.08 bits per heavy atom. The molecule has 1 aliphatic heterocycles. The van der Waals surface area contributed by atoms with Crippen molar-refractivity contribution >= 4 is 16.8 Å². The molecular formula is C19H23N5O. The number of likely N-dealkylation sites (tertiary alicyclic amines) is 1. The van der Waals surface area contributed by atoms with Crippen LogP contribution in [0.3, 0.4) is 0 Å². The molecule has 1 aromatic carbocycles. The number of benzene rings is 1. The molecule has 0 unspecified atom stereocenters. The van der Waals surface area contributed by atoms with Crippen molar-refractivity contribution in [1.29, 1.82) is 0 Å². The molecule has 2 aromatic heterocycles. The lowest BCUT2D eigenvalue weighted by Crippen LogP contribution is -2.45. The third kappa shape index (κ3) is 3.58. The monoisotopic (exact) mass is 337 g/mol. The number of hydrogen-bond donors (Lipinski definition) is 3. The van der Waals surface area contributed by atoms with E-state index >= 15 is 0 Å². The van der Waals surface area contributed by atoms with E-state index in [-0.39, 0.29) is 11.9 Å². The van der Waals surface area contributed by atoms with Gasteiger partial charge in [-0.3, -0.25) is 4.79 Å². The van der Waals surface area contributed by atoms with Gasteiger partial charge in [0.25, 0.3) is 5.91 Å². The molecule has 6 nitrogen and oxygen atoms in total. The minimum Gasteiger partial charge on any atom is -0.361 e. The number of carbonyl (C=O) groups is 1. The van der Waals surface area contributed by atoms with Crippen molar-refractivity contribution in [3.63, 3.8) is 0 Å². The average Bonchev–Trinajstić information content (AvgIpc) is 3.31. The predicted octanol–water partition coefficient (Wildman–Crippen LogP) is 2.33. The van der Waals surface area contributed by atoms with Gasteiger partial charge in [0.2, 0.25) is 0 Å². The van der Waals surface area contributed by atoms with Gasteiger partial charge in [-0.2, -0.15) is 0 Å². The number of nitrogens with one attached hydrogen (secondary N) is 3. The molecule has 1 aliphatic rings. The molecule has 3 heterocycles. The molecule has 0 atom stereocenters. The van der Waals surface area contributed by atoms with Crippen LogP contribution in [-0.4, -0.2) is 51.4 Å². The second-order valence-corrected chi connectivity index (χ2v) is 6.64. The van der Waals surface area contributed by atoms with Crippen LogP contribution in [0.5, 0.6) is 0 Å². The summed E-state index contributed by atoms with van der Waals surface area (Å²) in [6, 6.07) is 8.68. The number of carbonyl (C=O) groups excluding carboxylic acids is 1. The van der Waals surface area contributed by atoms with E-state index in [4.69, 9.17) is 0 Å². The largest absolute Gasteiger partial charge is 0.361 e. The summed E-state index contributed by atoms with van der Waals surface area (Å²) in [6.45, 7) is 3.09. The zero-order valence-corrected chi connectivity index (χ0v) is 14.2. The maximum atomic E-state index is 12.0. The van der Waals surface area contributed by atoms with Gasteiger partial charge >= 0.3 is 0 Å². The number of aromatic nitrogens is 3.